The van der Waals surface area contributed by atoms with E-state index in [0.717, 1.165) is 43.4 Å². The Labute approximate surface area is 163 Å². The highest BCUT2D eigenvalue weighted by Crippen LogP contribution is 2.35. The summed E-state index contributed by atoms with van der Waals surface area (Å²) in [6.45, 7) is 0. The zero-order valence-electron chi connectivity index (χ0n) is 15.1. The highest BCUT2D eigenvalue weighted by molar-refractivity contribution is 6.21. The van der Waals surface area contributed by atoms with Crippen molar-refractivity contribution in [2.24, 2.45) is 27.5 Å². The number of nitrogens with two attached hydrogens (primary N) is 2. The summed E-state index contributed by atoms with van der Waals surface area (Å²) in [4.78, 5) is 7.39. The molecule has 3 aliphatic rings. The Bertz CT molecular complexity index is 833. The molecule has 0 bridgehead atoms. The van der Waals surface area contributed by atoms with Crippen LogP contribution in [0.4, 0.5) is 0 Å². The highest BCUT2D eigenvalue weighted by Gasteiger charge is 2.33. The van der Waals surface area contributed by atoms with Gasteiger partial charge < -0.3 is 21.6 Å². The minimum atomic E-state index is -0.783. The number of hydrazone groups is 1. The van der Waals surface area contributed by atoms with Gasteiger partial charge in [0.05, 0.1) is 16.8 Å². The van der Waals surface area contributed by atoms with Crippen molar-refractivity contribution in [1.29, 1.82) is 0 Å². The van der Waals surface area contributed by atoms with E-state index in [1.54, 1.807) is 0 Å². The molecule has 0 spiro atoms. The molecule has 144 valence electrons. The van der Waals surface area contributed by atoms with Crippen molar-refractivity contribution in [3.63, 3.8) is 0 Å². The zero-order valence-corrected chi connectivity index (χ0v) is 15.9. The van der Waals surface area contributed by atoms with Crippen molar-refractivity contribution >= 4 is 35.5 Å². The highest BCUT2D eigenvalue weighted by atomic mass is 35.5. The Balaban J connectivity index is 1.70. The molecule has 2 unspecified atom stereocenters. The van der Waals surface area contributed by atoms with Crippen LogP contribution < -0.4 is 11.5 Å². The number of aliphatic hydroxyl groups is 1. The van der Waals surface area contributed by atoms with E-state index in [4.69, 9.17) is 23.1 Å². The number of nitrogens with zero attached hydrogens (tertiary/aromatic N) is 3. The summed E-state index contributed by atoms with van der Waals surface area (Å²) in [5.41, 5.74) is 16.1. The van der Waals surface area contributed by atoms with Gasteiger partial charge in [-0.15, -0.1) is 11.6 Å². The number of aromatic amines is 1. The molecule has 27 heavy (non-hydrogen) atoms. The molecule has 2 aliphatic carbocycles. The first-order valence-corrected chi connectivity index (χ1v) is 9.87. The molecule has 1 aliphatic heterocycles. The van der Waals surface area contributed by atoms with Gasteiger partial charge in [-0.1, -0.05) is 31.4 Å². The quantitative estimate of drug-likeness (QED) is 0.595. The molecular weight excluding hydrogens is 364 g/mol. The van der Waals surface area contributed by atoms with E-state index in [1.807, 2.05) is 18.2 Å². The summed E-state index contributed by atoms with van der Waals surface area (Å²) >= 11 is 6.40. The van der Waals surface area contributed by atoms with Crippen molar-refractivity contribution < 1.29 is 5.11 Å². The fourth-order valence-corrected chi connectivity index (χ4v) is 4.35. The zero-order chi connectivity index (χ0) is 19.0. The molecule has 2 heterocycles. The molecule has 8 heteroatoms. The Morgan fingerprint density at radius 2 is 2.11 bits per heavy atom. The Kier molecular flexibility index (Phi) is 4.97. The summed E-state index contributed by atoms with van der Waals surface area (Å²) in [5, 5.41) is 16.6. The number of allylic oxidation sites excluding steroid dienone is 1. The van der Waals surface area contributed by atoms with Crippen molar-refractivity contribution in [2.75, 3.05) is 0 Å². The fourth-order valence-electron chi connectivity index (χ4n) is 4.06. The van der Waals surface area contributed by atoms with Crippen molar-refractivity contribution in [3.05, 3.63) is 34.8 Å². The summed E-state index contributed by atoms with van der Waals surface area (Å²) in [7, 11) is 0. The number of aliphatic imine (C=N–C) groups is 1. The van der Waals surface area contributed by atoms with Crippen LogP contribution in [0.25, 0.3) is 11.8 Å². The van der Waals surface area contributed by atoms with Gasteiger partial charge in [-0.25, -0.2) is 10.0 Å². The molecule has 1 fully saturated rings. The van der Waals surface area contributed by atoms with Crippen LogP contribution in [0.2, 0.25) is 0 Å². The van der Waals surface area contributed by atoms with E-state index in [9.17, 15) is 5.11 Å². The van der Waals surface area contributed by atoms with Crippen LogP contribution in [0.5, 0.6) is 0 Å². The third kappa shape index (κ3) is 3.37. The number of H-pyrrole nitrogens is 1. The lowest BCUT2D eigenvalue weighted by molar-refractivity contribution is -0.0270. The second-order valence-corrected chi connectivity index (χ2v) is 7.85. The van der Waals surface area contributed by atoms with E-state index in [0.29, 0.717) is 17.1 Å². The van der Waals surface area contributed by atoms with Crippen LogP contribution >= 0.6 is 11.6 Å². The average Bonchev–Trinajstić information content (AvgIpc) is 3.13. The second-order valence-electron chi connectivity index (χ2n) is 7.32. The minimum absolute atomic E-state index is 0.115. The number of nitrogens with one attached hydrogen (secondary N) is 1. The third-order valence-electron chi connectivity index (χ3n) is 5.55. The van der Waals surface area contributed by atoms with E-state index in [2.05, 4.69) is 15.1 Å². The van der Waals surface area contributed by atoms with Crippen molar-refractivity contribution in [2.45, 2.75) is 50.1 Å². The average molecular weight is 389 g/mol. The summed E-state index contributed by atoms with van der Waals surface area (Å²) in [6.07, 6.45) is 10.8. The van der Waals surface area contributed by atoms with Gasteiger partial charge in [0.2, 0.25) is 0 Å². The van der Waals surface area contributed by atoms with Gasteiger partial charge in [0.25, 0.3) is 0 Å². The molecular formula is C19H25ClN6O. The summed E-state index contributed by atoms with van der Waals surface area (Å²) in [6, 6.07) is 1.94. The number of hydrogen-bond acceptors (Lipinski definition) is 6. The van der Waals surface area contributed by atoms with Crippen LogP contribution in [0.1, 0.15) is 60.9 Å². The number of rotatable bonds is 3. The van der Waals surface area contributed by atoms with Crippen LogP contribution in [0, 0.1) is 5.92 Å². The monoisotopic (exact) mass is 388 g/mol. The number of halogens is 1. The molecule has 2 atom stereocenters. The number of hydrogen-bond donors (Lipinski definition) is 4. The lowest BCUT2D eigenvalue weighted by Crippen LogP contribution is -2.43. The molecule has 1 aromatic rings. The van der Waals surface area contributed by atoms with Gasteiger partial charge in [0.1, 0.15) is 12.0 Å². The molecule has 1 saturated carbocycles. The first-order valence-electron chi connectivity index (χ1n) is 9.43. The molecule has 0 radical (unpaired) electrons. The molecule has 1 aromatic heterocycles. The predicted molar refractivity (Wildman–Crippen MR) is 109 cm³/mol. The molecule has 7 nitrogen and oxygen atoms in total. The molecule has 0 amide bonds. The van der Waals surface area contributed by atoms with Gasteiger partial charge >= 0.3 is 0 Å². The first kappa shape index (κ1) is 18.1. The minimum Gasteiger partial charge on any atom is -0.395 e. The normalized spacial score (nSPS) is 25.9. The van der Waals surface area contributed by atoms with E-state index >= 15 is 0 Å². The Morgan fingerprint density at radius 3 is 2.85 bits per heavy atom. The van der Waals surface area contributed by atoms with E-state index in [1.165, 1.54) is 17.8 Å². The van der Waals surface area contributed by atoms with Crippen LogP contribution in [0.3, 0.4) is 0 Å². The fraction of sp³-hybridized carbons (Fsp3) is 0.474. The smallest absolute Gasteiger partial charge is 0.153 e. The largest absolute Gasteiger partial charge is 0.395 e. The van der Waals surface area contributed by atoms with Gasteiger partial charge in [-0.3, -0.25) is 0 Å². The van der Waals surface area contributed by atoms with Crippen LogP contribution in [-0.4, -0.2) is 33.5 Å². The van der Waals surface area contributed by atoms with Crippen LogP contribution in [-0.2, 0) is 0 Å². The Morgan fingerprint density at radius 1 is 1.33 bits per heavy atom. The predicted octanol–water partition coefficient (Wildman–Crippen LogP) is 2.85. The van der Waals surface area contributed by atoms with Gasteiger partial charge in [0, 0.05) is 11.6 Å². The second kappa shape index (κ2) is 7.40. The first-order chi connectivity index (χ1) is 13.1. The lowest BCUT2D eigenvalue weighted by atomic mass is 9.87. The van der Waals surface area contributed by atoms with E-state index in [-0.39, 0.29) is 17.1 Å². The van der Waals surface area contributed by atoms with Crippen LogP contribution in [0.15, 0.2) is 27.9 Å². The van der Waals surface area contributed by atoms with Gasteiger partial charge in [0.15, 0.2) is 12.1 Å². The standard InChI is InChI=1S/C19H25ClN6O/c20-13-8-4-7-12-9-14(25-16(12)13)15(21)17-18(22)23-10-24-26(17)19(27)11-5-2-1-3-6-11/h4,7,9-11,13,19,25,27H,1-3,5-6,8,21H2,(H2,22,23,24)/b17-15-. The van der Waals surface area contributed by atoms with Gasteiger partial charge in [-0.05, 0) is 30.9 Å². The summed E-state index contributed by atoms with van der Waals surface area (Å²) < 4.78 is 0. The van der Waals surface area contributed by atoms with Crippen molar-refractivity contribution in [1.82, 2.24) is 9.99 Å². The van der Waals surface area contributed by atoms with Crippen molar-refractivity contribution in [3.8, 4) is 0 Å². The number of aromatic nitrogens is 1. The maximum atomic E-state index is 11.0. The molecule has 4 rings (SSSR count). The topological polar surface area (TPSA) is 116 Å². The number of alkyl halides is 1. The molecule has 0 saturated heterocycles. The Hall–Kier alpha value is -2.25. The maximum absolute atomic E-state index is 11.0. The SMILES string of the molecule is NC1=NC=NN(C(O)C2CCCCC2)/C1=C(\N)c1cc2c([nH]1)C(Cl)CC=C2. The lowest BCUT2D eigenvalue weighted by Gasteiger charge is -2.35. The number of fused-ring (bicyclic) bond motifs is 1. The molecule has 6 N–H and O–H groups in total. The van der Waals surface area contributed by atoms with Gasteiger partial charge in [-0.2, -0.15) is 5.10 Å². The summed E-state index contributed by atoms with van der Waals surface area (Å²) in [5.74, 6) is 0.375. The third-order valence-corrected chi connectivity index (χ3v) is 5.94. The molecule has 0 aromatic carbocycles. The maximum Gasteiger partial charge on any atom is 0.153 e. The number of aliphatic hydroxyl groups excluding tert-OH is 1. The number of amidine groups is 1. The van der Waals surface area contributed by atoms with E-state index < -0.39 is 6.23 Å².